The van der Waals surface area contributed by atoms with E-state index in [0.717, 1.165) is 13.1 Å². The van der Waals surface area contributed by atoms with E-state index < -0.39 is 23.8 Å². The molecule has 2 amide bonds. The molecule has 0 radical (unpaired) electrons. The summed E-state index contributed by atoms with van der Waals surface area (Å²) in [5.41, 5.74) is 1.46. The van der Waals surface area contributed by atoms with Crippen molar-refractivity contribution < 1.29 is 23.1 Å². The van der Waals surface area contributed by atoms with Gasteiger partial charge in [-0.3, -0.25) is 9.69 Å². The zero-order valence-corrected chi connectivity index (χ0v) is 17.2. The average molecular weight is 430 g/mol. The molecule has 0 aliphatic carbocycles. The number of carbonyl (C=O) groups is 2. The molecule has 0 bridgehead atoms. The van der Waals surface area contributed by atoms with Crippen molar-refractivity contribution in [2.45, 2.75) is 13.0 Å². The molecular formula is C22H24F2N4O3. The molecule has 2 heterocycles. The quantitative estimate of drug-likeness (QED) is 0.763. The van der Waals surface area contributed by atoms with Crippen LogP contribution in [0.15, 0.2) is 36.4 Å². The fourth-order valence-corrected chi connectivity index (χ4v) is 3.93. The van der Waals surface area contributed by atoms with Crippen LogP contribution in [0.3, 0.4) is 0 Å². The highest BCUT2D eigenvalue weighted by molar-refractivity contribution is 5.90. The molecule has 164 valence electrons. The van der Waals surface area contributed by atoms with Gasteiger partial charge in [0.05, 0.1) is 24.5 Å². The standard InChI is InChI=1S/C22H24F2N4O3/c1-14(29)26-12-16-13-28(22(30)31-16)15-5-6-17(20(24)11-15)18-3-2-4-19(23)21(18)27-9-7-25-8-10-27/h2-6,11,16,25H,7-10,12-13H2,1H3,(H,26,29)/t16-/m0/s1. The third-order valence-electron chi connectivity index (χ3n) is 5.43. The van der Waals surface area contributed by atoms with Gasteiger partial charge in [-0.05, 0) is 24.3 Å². The van der Waals surface area contributed by atoms with Gasteiger partial charge in [0, 0.05) is 44.2 Å². The van der Waals surface area contributed by atoms with Crippen LogP contribution in [0.2, 0.25) is 0 Å². The molecule has 2 aromatic rings. The van der Waals surface area contributed by atoms with Gasteiger partial charge >= 0.3 is 6.09 Å². The lowest BCUT2D eigenvalue weighted by molar-refractivity contribution is -0.119. The molecule has 2 aliphatic rings. The van der Waals surface area contributed by atoms with Crippen molar-refractivity contribution in [2.24, 2.45) is 0 Å². The Morgan fingerprint density at radius 3 is 2.65 bits per heavy atom. The second-order valence-corrected chi connectivity index (χ2v) is 7.59. The molecule has 2 N–H and O–H groups in total. The van der Waals surface area contributed by atoms with Crippen molar-refractivity contribution in [3.05, 3.63) is 48.0 Å². The molecule has 9 heteroatoms. The number of carbonyl (C=O) groups excluding carboxylic acids is 2. The number of hydrogen-bond acceptors (Lipinski definition) is 5. The highest BCUT2D eigenvalue weighted by Gasteiger charge is 2.33. The number of nitrogens with one attached hydrogen (secondary N) is 2. The van der Waals surface area contributed by atoms with Crippen molar-refractivity contribution in [1.29, 1.82) is 0 Å². The van der Waals surface area contributed by atoms with Gasteiger partial charge in [-0.15, -0.1) is 0 Å². The number of amides is 2. The molecule has 0 unspecified atom stereocenters. The third kappa shape index (κ3) is 4.46. The predicted molar refractivity (Wildman–Crippen MR) is 113 cm³/mol. The number of anilines is 2. The molecular weight excluding hydrogens is 406 g/mol. The van der Waals surface area contributed by atoms with Gasteiger partial charge in [0.1, 0.15) is 17.7 Å². The lowest BCUT2D eigenvalue weighted by Gasteiger charge is -2.31. The van der Waals surface area contributed by atoms with E-state index in [1.807, 2.05) is 4.90 Å². The Morgan fingerprint density at radius 2 is 1.94 bits per heavy atom. The van der Waals surface area contributed by atoms with Crippen molar-refractivity contribution in [3.8, 4) is 11.1 Å². The highest BCUT2D eigenvalue weighted by Crippen LogP contribution is 2.36. The Kier molecular flexibility index (Phi) is 6.03. The maximum Gasteiger partial charge on any atom is 0.414 e. The van der Waals surface area contributed by atoms with Gasteiger partial charge in [-0.2, -0.15) is 0 Å². The van der Waals surface area contributed by atoms with Crippen LogP contribution in [0.1, 0.15) is 6.92 Å². The fourth-order valence-electron chi connectivity index (χ4n) is 3.93. The van der Waals surface area contributed by atoms with Crippen LogP contribution >= 0.6 is 0 Å². The minimum Gasteiger partial charge on any atom is -0.442 e. The zero-order valence-electron chi connectivity index (χ0n) is 17.2. The van der Waals surface area contributed by atoms with E-state index in [0.29, 0.717) is 30.0 Å². The van der Waals surface area contributed by atoms with Crippen molar-refractivity contribution in [1.82, 2.24) is 10.6 Å². The summed E-state index contributed by atoms with van der Waals surface area (Å²) in [6, 6.07) is 9.07. The van der Waals surface area contributed by atoms with Crippen LogP contribution in [0, 0.1) is 11.6 Å². The molecule has 0 aromatic heterocycles. The van der Waals surface area contributed by atoms with E-state index in [1.165, 1.54) is 24.0 Å². The Labute approximate surface area is 179 Å². The van der Waals surface area contributed by atoms with Crippen LogP contribution in [-0.2, 0) is 9.53 Å². The lowest BCUT2D eigenvalue weighted by Crippen LogP contribution is -2.44. The first-order valence-electron chi connectivity index (χ1n) is 10.2. The Morgan fingerprint density at radius 1 is 1.16 bits per heavy atom. The summed E-state index contributed by atoms with van der Waals surface area (Å²) in [7, 11) is 0. The summed E-state index contributed by atoms with van der Waals surface area (Å²) in [6.45, 7) is 4.48. The minimum absolute atomic E-state index is 0.190. The zero-order chi connectivity index (χ0) is 22.0. The summed E-state index contributed by atoms with van der Waals surface area (Å²) in [5, 5.41) is 5.83. The topological polar surface area (TPSA) is 73.9 Å². The summed E-state index contributed by atoms with van der Waals surface area (Å²) < 4.78 is 35.1. The molecule has 0 spiro atoms. The average Bonchev–Trinajstić information content (AvgIpc) is 3.13. The number of hydrogen-bond donors (Lipinski definition) is 2. The van der Waals surface area contributed by atoms with Crippen LogP contribution < -0.4 is 20.4 Å². The Hall–Kier alpha value is -3.20. The monoisotopic (exact) mass is 430 g/mol. The van der Waals surface area contributed by atoms with Crippen LogP contribution in [0.4, 0.5) is 25.0 Å². The molecule has 2 aromatic carbocycles. The normalized spacial score (nSPS) is 18.8. The Bertz CT molecular complexity index is 995. The van der Waals surface area contributed by atoms with Gasteiger partial charge in [0.25, 0.3) is 0 Å². The predicted octanol–water partition coefficient (Wildman–Crippen LogP) is 2.50. The van der Waals surface area contributed by atoms with E-state index in [1.54, 1.807) is 24.3 Å². The SMILES string of the molecule is CC(=O)NC[C@H]1CN(c2ccc(-c3cccc(F)c3N3CCNCC3)c(F)c2)C(=O)O1. The molecule has 2 saturated heterocycles. The van der Waals surface area contributed by atoms with E-state index in [-0.39, 0.29) is 24.6 Å². The molecule has 7 nitrogen and oxygen atoms in total. The van der Waals surface area contributed by atoms with E-state index in [9.17, 15) is 14.0 Å². The molecule has 31 heavy (non-hydrogen) atoms. The summed E-state index contributed by atoms with van der Waals surface area (Å²) in [4.78, 5) is 26.5. The van der Waals surface area contributed by atoms with Crippen LogP contribution in [-0.4, -0.2) is 57.4 Å². The fraction of sp³-hybridized carbons (Fsp3) is 0.364. The van der Waals surface area contributed by atoms with Gasteiger partial charge in [0.15, 0.2) is 0 Å². The number of para-hydroxylation sites is 1. The summed E-state index contributed by atoms with van der Waals surface area (Å²) >= 11 is 0. The summed E-state index contributed by atoms with van der Waals surface area (Å²) in [5.74, 6) is -1.18. The first-order chi connectivity index (χ1) is 14.9. The second kappa shape index (κ2) is 8.89. The molecule has 1 atom stereocenters. The van der Waals surface area contributed by atoms with Crippen molar-refractivity contribution in [3.63, 3.8) is 0 Å². The lowest BCUT2D eigenvalue weighted by atomic mass is 10.0. The van der Waals surface area contributed by atoms with Gasteiger partial charge in [-0.25, -0.2) is 13.6 Å². The third-order valence-corrected chi connectivity index (χ3v) is 5.43. The van der Waals surface area contributed by atoms with E-state index in [2.05, 4.69) is 10.6 Å². The number of benzene rings is 2. The first kappa shape index (κ1) is 21.0. The van der Waals surface area contributed by atoms with E-state index in [4.69, 9.17) is 4.74 Å². The number of ether oxygens (including phenoxy) is 1. The van der Waals surface area contributed by atoms with Gasteiger partial charge in [-0.1, -0.05) is 12.1 Å². The number of piperazine rings is 1. The largest absolute Gasteiger partial charge is 0.442 e. The van der Waals surface area contributed by atoms with Crippen LogP contribution in [0.25, 0.3) is 11.1 Å². The number of halogens is 2. The molecule has 0 saturated carbocycles. The molecule has 4 rings (SSSR count). The maximum atomic E-state index is 15.2. The number of rotatable bonds is 5. The first-order valence-corrected chi connectivity index (χ1v) is 10.2. The summed E-state index contributed by atoms with van der Waals surface area (Å²) in [6.07, 6.45) is -1.11. The number of nitrogens with zero attached hydrogens (tertiary/aromatic N) is 2. The Balaban J connectivity index is 1.60. The second-order valence-electron chi connectivity index (χ2n) is 7.59. The molecule has 2 fully saturated rings. The van der Waals surface area contributed by atoms with Crippen LogP contribution in [0.5, 0.6) is 0 Å². The van der Waals surface area contributed by atoms with Crippen molar-refractivity contribution in [2.75, 3.05) is 49.1 Å². The van der Waals surface area contributed by atoms with Crippen molar-refractivity contribution >= 4 is 23.4 Å². The van der Waals surface area contributed by atoms with E-state index >= 15 is 4.39 Å². The minimum atomic E-state index is -0.602. The molecule has 2 aliphatic heterocycles. The van der Waals surface area contributed by atoms with Gasteiger partial charge in [0.2, 0.25) is 5.91 Å². The van der Waals surface area contributed by atoms with Gasteiger partial charge < -0.3 is 20.3 Å². The maximum absolute atomic E-state index is 15.2. The number of cyclic esters (lactones) is 1. The smallest absolute Gasteiger partial charge is 0.414 e. The highest BCUT2D eigenvalue weighted by atomic mass is 19.1.